The number of fused-ring (bicyclic) bond motifs is 1. The van der Waals surface area contributed by atoms with Crippen LogP contribution in [0.2, 0.25) is 0 Å². The van der Waals surface area contributed by atoms with Crippen molar-refractivity contribution in [2.24, 2.45) is 5.14 Å². The molecule has 5 aromatic rings. The second-order valence-electron chi connectivity index (χ2n) is 8.86. The van der Waals surface area contributed by atoms with Crippen LogP contribution < -0.4 is 21.7 Å². The summed E-state index contributed by atoms with van der Waals surface area (Å²) in [6, 6.07) is 24.1. The summed E-state index contributed by atoms with van der Waals surface area (Å²) in [4.78, 5) is 22.2. The van der Waals surface area contributed by atoms with Crippen LogP contribution in [-0.4, -0.2) is 23.0 Å². The van der Waals surface area contributed by atoms with Gasteiger partial charge in [-0.25, -0.2) is 18.5 Å². The number of para-hydroxylation sites is 1. The predicted molar refractivity (Wildman–Crippen MR) is 150 cm³/mol. The largest absolute Gasteiger partial charge is 0.368 e. The molecular formula is C28H23N7O3S. The van der Waals surface area contributed by atoms with Crippen LogP contribution in [0.15, 0.2) is 94.7 Å². The number of hydrogen-bond acceptors (Lipinski definition) is 8. The Morgan fingerprint density at radius 2 is 1.77 bits per heavy atom. The molecule has 0 saturated carbocycles. The number of rotatable bonds is 6. The van der Waals surface area contributed by atoms with Crippen LogP contribution >= 0.6 is 0 Å². The third-order valence-electron chi connectivity index (χ3n) is 6.29. The van der Waals surface area contributed by atoms with E-state index >= 15 is 0 Å². The number of benzene rings is 3. The molecule has 10 nitrogen and oxygen atoms in total. The van der Waals surface area contributed by atoms with Crippen LogP contribution in [0, 0.1) is 11.3 Å². The lowest BCUT2D eigenvalue weighted by molar-refractivity contribution is 0.598. The highest BCUT2D eigenvalue weighted by atomic mass is 32.2. The van der Waals surface area contributed by atoms with Crippen LogP contribution in [0.3, 0.4) is 0 Å². The Kier molecular flexibility index (Phi) is 6.57. The molecule has 0 aliphatic heterocycles. The molecule has 2 heterocycles. The van der Waals surface area contributed by atoms with Gasteiger partial charge in [-0.15, -0.1) is 0 Å². The zero-order valence-electron chi connectivity index (χ0n) is 20.7. The molecule has 0 bridgehead atoms. The van der Waals surface area contributed by atoms with Gasteiger partial charge in [-0.3, -0.25) is 9.36 Å². The van der Waals surface area contributed by atoms with Gasteiger partial charge in [0.05, 0.1) is 22.5 Å². The maximum absolute atomic E-state index is 14.3. The van der Waals surface area contributed by atoms with Gasteiger partial charge in [0, 0.05) is 11.4 Å². The van der Waals surface area contributed by atoms with Gasteiger partial charge in [-0.1, -0.05) is 48.5 Å². The number of nitriles is 1. The van der Waals surface area contributed by atoms with E-state index in [9.17, 15) is 18.5 Å². The number of hydrogen-bond donors (Lipinski definition) is 3. The molecule has 0 radical (unpaired) electrons. The smallest absolute Gasteiger partial charge is 0.263 e. The zero-order valence-corrected chi connectivity index (χ0v) is 21.6. The average molecular weight is 538 g/mol. The van der Waals surface area contributed by atoms with Crippen LogP contribution in [0.1, 0.15) is 24.2 Å². The molecule has 0 spiro atoms. The van der Waals surface area contributed by atoms with E-state index in [1.54, 1.807) is 28.8 Å². The first-order chi connectivity index (χ1) is 18.7. The molecule has 2 aromatic heterocycles. The molecule has 0 amide bonds. The number of sulfonamides is 1. The van der Waals surface area contributed by atoms with Crippen molar-refractivity contribution in [2.75, 3.05) is 11.1 Å². The van der Waals surface area contributed by atoms with E-state index in [-0.39, 0.29) is 27.8 Å². The molecule has 39 heavy (non-hydrogen) atoms. The van der Waals surface area contributed by atoms with Crippen LogP contribution in [-0.2, 0) is 10.0 Å². The predicted octanol–water partition coefficient (Wildman–Crippen LogP) is 3.72. The van der Waals surface area contributed by atoms with Gasteiger partial charge in [0.15, 0.2) is 0 Å². The fourth-order valence-corrected chi connectivity index (χ4v) is 5.05. The topological polar surface area (TPSA) is 170 Å². The van der Waals surface area contributed by atoms with Gasteiger partial charge in [0.1, 0.15) is 17.5 Å². The summed E-state index contributed by atoms with van der Waals surface area (Å²) in [5, 5.41) is 19.1. The quantitative estimate of drug-likeness (QED) is 0.294. The number of nitrogen functional groups attached to an aromatic ring is 1. The molecule has 1 unspecified atom stereocenters. The Morgan fingerprint density at radius 3 is 2.49 bits per heavy atom. The Bertz CT molecular complexity index is 1930. The summed E-state index contributed by atoms with van der Waals surface area (Å²) >= 11 is 0. The maximum atomic E-state index is 14.3. The van der Waals surface area contributed by atoms with Gasteiger partial charge in [0.2, 0.25) is 16.0 Å². The summed E-state index contributed by atoms with van der Waals surface area (Å²) in [5.41, 5.74) is 8.00. The normalized spacial score (nSPS) is 12.1. The van der Waals surface area contributed by atoms with Crippen molar-refractivity contribution < 1.29 is 8.42 Å². The van der Waals surface area contributed by atoms with E-state index in [0.717, 1.165) is 0 Å². The number of anilines is 2. The van der Waals surface area contributed by atoms with Gasteiger partial charge in [-0.2, -0.15) is 10.2 Å². The van der Waals surface area contributed by atoms with Gasteiger partial charge < -0.3 is 11.1 Å². The lowest BCUT2D eigenvalue weighted by Crippen LogP contribution is -2.26. The number of nitrogens with zero attached hydrogens (tertiary/aromatic N) is 4. The number of nitrogens with one attached hydrogen (secondary N) is 1. The van der Waals surface area contributed by atoms with Gasteiger partial charge >= 0.3 is 0 Å². The number of primary sulfonamides is 1. The molecule has 0 aliphatic rings. The fourth-order valence-electron chi connectivity index (χ4n) is 4.49. The first-order valence-electron chi connectivity index (χ1n) is 11.8. The van der Waals surface area contributed by atoms with E-state index in [1.807, 2.05) is 55.5 Å². The van der Waals surface area contributed by atoms with Gasteiger partial charge in [0.25, 0.3) is 5.56 Å². The molecule has 5 rings (SSSR count). The first-order valence-corrected chi connectivity index (χ1v) is 13.4. The summed E-state index contributed by atoms with van der Waals surface area (Å²) in [7, 11) is -3.94. The van der Waals surface area contributed by atoms with Crippen molar-refractivity contribution in [1.82, 2.24) is 14.5 Å². The van der Waals surface area contributed by atoms with Crippen molar-refractivity contribution in [3.05, 3.63) is 107 Å². The fraction of sp³-hybridized carbons (Fsp3) is 0.0714. The Labute approximate surface area is 224 Å². The first kappa shape index (κ1) is 25.6. The highest BCUT2D eigenvalue weighted by molar-refractivity contribution is 7.89. The zero-order chi connectivity index (χ0) is 27.7. The van der Waals surface area contributed by atoms with Crippen molar-refractivity contribution in [2.45, 2.75) is 17.9 Å². The lowest BCUT2D eigenvalue weighted by Gasteiger charge is -2.22. The minimum absolute atomic E-state index is 0.00836. The van der Waals surface area contributed by atoms with E-state index < -0.39 is 16.1 Å². The molecule has 194 valence electrons. The standard InChI is InChI=1S/C28H23N7O3S/c1-17(33-26-20(15-29)16-32-28(30)34-26)24-14-19-8-6-12-23(18-7-5-11-22(13-18)39(31,37)38)25(19)27(36)35(24)21-9-3-2-4-10-21/h2-14,16-17H,1H3,(H2,31,37,38)(H3,30,32,33,34). The molecule has 5 N–H and O–H groups in total. The lowest BCUT2D eigenvalue weighted by atomic mass is 9.98. The highest BCUT2D eigenvalue weighted by Crippen LogP contribution is 2.31. The molecule has 3 aromatic carbocycles. The highest BCUT2D eigenvalue weighted by Gasteiger charge is 2.20. The van der Waals surface area contributed by atoms with Crippen molar-refractivity contribution >= 4 is 32.6 Å². The third kappa shape index (κ3) is 4.94. The average Bonchev–Trinajstić information content (AvgIpc) is 2.93. The summed E-state index contributed by atoms with van der Waals surface area (Å²) < 4.78 is 25.6. The van der Waals surface area contributed by atoms with Crippen LogP contribution in [0.5, 0.6) is 0 Å². The van der Waals surface area contributed by atoms with E-state index in [1.165, 1.54) is 18.3 Å². The maximum Gasteiger partial charge on any atom is 0.263 e. The minimum atomic E-state index is -3.94. The molecular weight excluding hydrogens is 514 g/mol. The molecule has 0 fully saturated rings. The van der Waals surface area contributed by atoms with E-state index in [2.05, 4.69) is 15.3 Å². The second-order valence-corrected chi connectivity index (χ2v) is 10.4. The molecule has 11 heteroatoms. The Morgan fingerprint density at radius 1 is 1.03 bits per heavy atom. The molecule has 0 saturated heterocycles. The van der Waals surface area contributed by atoms with E-state index in [0.29, 0.717) is 33.3 Å². The van der Waals surface area contributed by atoms with Crippen molar-refractivity contribution in [1.29, 1.82) is 5.26 Å². The number of aromatic nitrogens is 3. The summed E-state index contributed by atoms with van der Waals surface area (Å²) in [5.74, 6) is 0.257. The summed E-state index contributed by atoms with van der Waals surface area (Å²) in [6.07, 6.45) is 1.34. The molecule has 0 aliphatic carbocycles. The SMILES string of the molecule is CC(Nc1nc(N)ncc1C#N)c1cc2cccc(-c3cccc(S(N)(=O)=O)c3)c2c(=O)n1-c1ccccc1. The number of pyridine rings is 1. The Hall–Kier alpha value is -5.05. The summed E-state index contributed by atoms with van der Waals surface area (Å²) in [6.45, 7) is 1.85. The number of nitrogens with two attached hydrogens (primary N) is 2. The molecule has 1 atom stereocenters. The van der Waals surface area contributed by atoms with E-state index in [4.69, 9.17) is 10.9 Å². The third-order valence-corrected chi connectivity index (χ3v) is 7.20. The monoisotopic (exact) mass is 537 g/mol. The Balaban J connectivity index is 1.76. The second kappa shape index (κ2) is 10.0. The van der Waals surface area contributed by atoms with Gasteiger partial charge in [-0.05, 0) is 53.8 Å². The van der Waals surface area contributed by atoms with Crippen LogP contribution in [0.25, 0.3) is 27.6 Å². The van der Waals surface area contributed by atoms with Crippen molar-refractivity contribution in [3.8, 4) is 22.9 Å². The minimum Gasteiger partial charge on any atom is -0.368 e. The van der Waals surface area contributed by atoms with Crippen molar-refractivity contribution in [3.63, 3.8) is 0 Å². The van der Waals surface area contributed by atoms with Crippen LogP contribution in [0.4, 0.5) is 11.8 Å².